The number of urea groups is 1. The Morgan fingerprint density at radius 3 is 2.43 bits per heavy atom. The van der Waals surface area contributed by atoms with Crippen molar-refractivity contribution in [3.05, 3.63) is 0 Å². The molecule has 2 N–H and O–H groups in total. The van der Waals surface area contributed by atoms with Crippen LogP contribution in [0.25, 0.3) is 0 Å². The summed E-state index contributed by atoms with van der Waals surface area (Å²) in [4.78, 5) is 24.9. The molecule has 0 unspecified atom stereocenters. The number of nitrogens with zero attached hydrogens (tertiary/aromatic N) is 1. The Hall–Kier alpha value is -1.26. The fraction of sp³-hybridized carbons (Fsp3) is 0.875. The predicted molar refractivity (Wildman–Crippen MR) is 83.3 cm³/mol. The minimum atomic E-state index is -0.762. The summed E-state index contributed by atoms with van der Waals surface area (Å²) in [5, 5.41) is 12.1. The van der Waals surface area contributed by atoms with E-state index < -0.39 is 5.97 Å². The lowest BCUT2D eigenvalue weighted by molar-refractivity contribution is -0.140. The number of nitrogens with one attached hydrogen (secondary N) is 1. The van der Waals surface area contributed by atoms with Crippen molar-refractivity contribution in [3.8, 4) is 0 Å². The number of amides is 2. The molecular formula is C16H30N2O3. The van der Waals surface area contributed by atoms with Crippen LogP contribution in [0.1, 0.15) is 64.7 Å². The van der Waals surface area contributed by atoms with Crippen molar-refractivity contribution in [2.75, 3.05) is 20.1 Å². The van der Waals surface area contributed by atoms with Gasteiger partial charge in [0.05, 0.1) is 6.42 Å². The van der Waals surface area contributed by atoms with Gasteiger partial charge in [0.25, 0.3) is 0 Å². The second-order valence-corrected chi connectivity index (χ2v) is 6.42. The topological polar surface area (TPSA) is 69.6 Å². The highest BCUT2D eigenvalue weighted by Gasteiger charge is 2.34. The molecule has 1 rings (SSSR count). The minimum absolute atomic E-state index is 0.0820. The van der Waals surface area contributed by atoms with Gasteiger partial charge < -0.3 is 15.3 Å². The summed E-state index contributed by atoms with van der Waals surface area (Å²) >= 11 is 0. The summed E-state index contributed by atoms with van der Waals surface area (Å²) in [5.74, 6) is -0.762. The Kier molecular flexibility index (Phi) is 7.54. The van der Waals surface area contributed by atoms with Gasteiger partial charge in [-0.3, -0.25) is 4.79 Å². The van der Waals surface area contributed by atoms with Crippen LogP contribution in [-0.2, 0) is 4.79 Å². The van der Waals surface area contributed by atoms with Crippen molar-refractivity contribution >= 4 is 12.0 Å². The molecule has 0 heterocycles. The van der Waals surface area contributed by atoms with Crippen LogP contribution in [0.5, 0.6) is 0 Å². The van der Waals surface area contributed by atoms with Gasteiger partial charge in [0.15, 0.2) is 0 Å². The molecule has 0 radical (unpaired) electrons. The molecule has 0 aliphatic heterocycles. The van der Waals surface area contributed by atoms with Crippen LogP contribution < -0.4 is 5.32 Å². The minimum Gasteiger partial charge on any atom is -0.481 e. The van der Waals surface area contributed by atoms with Crippen molar-refractivity contribution in [1.82, 2.24) is 10.2 Å². The molecule has 0 atom stereocenters. The zero-order valence-corrected chi connectivity index (χ0v) is 13.5. The third-order valence-corrected chi connectivity index (χ3v) is 4.50. The van der Waals surface area contributed by atoms with Crippen molar-refractivity contribution in [2.45, 2.75) is 64.7 Å². The fourth-order valence-electron chi connectivity index (χ4n) is 3.14. The van der Waals surface area contributed by atoms with Gasteiger partial charge in [0.1, 0.15) is 0 Å². The zero-order valence-electron chi connectivity index (χ0n) is 13.5. The van der Waals surface area contributed by atoms with E-state index in [1.165, 1.54) is 6.42 Å². The Labute approximate surface area is 128 Å². The Morgan fingerprint density at radius 1 is 1.19 bits per heavy atom. The third-order valence-electron chi connectivity index (χ3n) is 4.50. The summed E-state index contributed by atoms with van der Waals surface area (Å²) < 4.78 is 0. The third kappa shape index (κ3) is 6.36. The van der Waals surface area contributed by atoms with Crippen LogP contribution in [0.4, 0.5) is 4.79 Å². The number of unbranched alkanes of at least 4 members (excludes halogenated alkanes) is 2. The lowest BCUT2D eigenvalue weighted by Gasteiger charge is -2.36. The van der Waals surface area contributed by atoms with Crippen LogP contribution in [0.3, 0.4) is 0 Å². The van der Waals surface area contributed by atoms with Crippen molar-refractivity contribution in [3.63, 3.8) is 0 Å². The number of hydrogen-bond donors (Lipinski definition) is 2. The largest absolute Gasteiger partial charge is 0.481 e. The van der Waals surface area contributed by atoms with Gasteiger partial charge >= 0.3 is 12.0 Å². The molecule has 0 saturated heterocycles. The van der Waals surface area contributed by atoms with Gasteiger partial charge in [0.2, 0.25) is 0 Å². The van der Waals surface area contributed by atoms with Crippen LogP contribution in [0, 0.1) is 5.41 Å². The fourth-order valence-corrected chi connectivity index (χ4v) is 3.14. The average Bonchev–Trinajstić information content (AvgIpc) is 2.45. The van der Waals surface area contributed by atoms with E-state index >= 15 is 0 Å². The Morgan fingerprint density at radius 2 is 1.86 bits per heavy atom. The molecule has 0 spiro atoms. The first kappa shape index (κ1) is 17.8. The van der Waals surface area contributed by atoms with Gasteiger partial charge in [-0.1, -0.05) is 39.0 Å². The molecule has 5 nitrogen and oxygen atoms in total. The van der Waals surface area contributed by atoms with Gasteiger partial charge in [-0.05, 0) is 24.7 Å². The van der Waals surface area contributed by atoms with E-state index in [4.69, 9.17) is 5.11 Å². The van der Waals surface area contributed by atoms with E-state index in [0.29, 0.717) is 6.54 Å². The molecule has 0 aromatic carbocycles. The van der Waals surface area contributed by atoms with Crippen LogP contribution in [0.2, 0.25) is 0 Å². The second kappa shape index (κ2) is 8.90. The van der Waals surface area contributed by atoms with Gasteiger partial charge in [-0.2, -0.15) is 0 Å². The molecule has 2 amide bonds. The maximum atomic E-state index is 12.1. The van der Waals surface area contributed by atoms with Gasteiger partial charge in [-0.25, -0.2) is 4.79 Å². The molecule has 5 heteroatoms. The molecule has 0 aromatic rings. The molecule has 0 aromatic heterocycles. The lowest BCUT2D eigenvalue weighted by atomic mass is 9.72. The lowest BCUT2D eigenvalue weighted by Crippen LogP contribution is -2.45. The number of carbonyl (C=O) groups is 2. The first-order valence-corrected chi connectivity index (χ1v) is 8.20. The van der Waals surface area contributed by atoms with Crippen molar-refractivity contribution < 1.29 is 14.7 Å². The SMILES string of the molecule is CCCCCN(C)C(=O)NCC1(CC(=O)O)CCCCC1. The van der Waals surface area contributed by atoms with E-state index in [9.17, 15) is 9.59 Å². The van der Waals surface area contributed by atoms with Gasteiger partial charge in [0, 0.05) is 20.1 Å². The van der Waals surface area contributed by atoms with E-state index in [0.717, 1.165) is 51.5 Å². The van der Waals surface area contributed by atoms with Crippen LogP contribution in [0.15, 0.2) is 0 Å². The summed E-state index contributed by atoms with van der Waals surface area (Å²) in [6, 6.07) is -0.0820. The average molecular weight is 298 g/mol. The highest BCUT2D eigenvalue weighted by molar-refractivity contribution is 5.74. The number of rotatable bonds is 8. The monoisotopic (exact) mass is 298 g/mol. The van der Waals surface area contributed by atoms with Crippen LogP contribution in [-0.4, -0.2) is 42.1 Å². The van der Waals surface area contributed by atoms with E-state index in [1.54, 1.807) is 11.9 Å². The molecule has 1 aliphatic rings. The number of aliphatic carboxylic acids is 1. The molecule has 1 fully saturated rings. The summed E-state index contributed by atoms with van der Waals surface area (Å²) in [7, 11) is 1.80. The quantitative estimate of drug-likeness (QED) is 0.676. The normalized spacial score (nSPS) is 17.2. The van der Waals surface area contributed by atoms with Crippen molar-refractivity contribution in [2.24, 2.45) is 5.41 Å². The first-order chi connectivity index (χ1) is 9.99. The summed E-state index contributed by atoms with van der Waals surface area (Å²) in [6.45, 7) is 3.38. The molecule has 1 saturated carbocycles. The van der Waals surface area contributed by atoms with E-state index in [1.807, 2.05) is 0 Å². The number of carboxylic acid groups (broad SMARTS) is 1. The molecule has 0 bridgehead atoms. The number of carbonyl (C=O) groups excluding carboxylic acids is 1. The van der Waals surface area contributed by atoms with Gasteiger partial charge in [-0.15, -0.1) is 0 Å². The maximum absolute atomic E-state index is 12.1. The van der Waals surface area contributed by atoms with E-state index in [2.05, 4.69) is 12.2 Å². The predicted octanol–water partition coefficient (Wildman–Crippen LogP) is 3.24. The van der Waals surface area contributed by atoms with Crippen molar-refractivity contribution in [1.29, 1.82) is 0 Å². The van der Waals surface area contributed by atoms with E-state index in [-0.39, 0.29) is 17.9 Å². The Bertz CT molecular complexity index is 338. The van der Waals surface area contributed by atoms with Crippen LogP contribution >= 0.6 is 0 Å². The number of carboxylic acids is 1. The standard InChI is InChI=1S/C16H30N2O3/c1-3-4-8-11-18(2)15(21)17-13-16(12-14(19)20)9-6-5-7-10-16/h3-13H2,1-2H3,(H,17,21)(H,19,20). The zero-order chi connectivity index (χ0) is 15.7. The highest BCUT2D eigenvalue weighted by atomic mass is 16.4. The molecule has 21 heavy (non-hydrogen) atoms. The molecule has 122 valence electrons. The first-order valence-electron chi connectivity index (χ1n) is 8.20. The summed E-state index contributed by atoms with van der Waals surface area (Å²) in [5.41, 5.74) is -0.246. The summed E-state index contributed by atoms with van der Waals surface area (Å²) in [6.07, 6.45) is 8.54. The maximum Gasteiger partial charge on any atom is 0.317 e. The number of hydrogen-bond acceptors (Lipinski definition) is 2. The highest BCUT2D eigenvalue weighted by Crippen LogP contribution is 2.38. The molecule has 1 aliphatic carbocycles. The molecular weight excluding hydrogens is 268 g/mol. The second-order valence-electron chi connectivity index (χ2n) is 6.42. The smallest absolute Gasteiger partial charge is 0.317 e. The Balaban J connectivity index is 2.44.